The molecule has 1 aromatic carbocycles. The maximum Gasteiger partial charge on any atom is 0.165 e. The molecule has 4 nitrogen and oxygen atoms in total. The molecule has 2 rings (SSSR count). The second kappa shape index (κ2) is 4.85. The molecule has 1 N–H and O–H groups in total. The maximum absolute atomic E-state index is 9.17. The monoisotopic (exact) mass is 251 g/mol. The van der Waals surface area contributed by atoms with Crippen molar-refractivity contribution in [2.24, 2.45) is 0 Å². The van der Waals surface area contributed by atoms with Crippen LogP contribution in [-0.4, -0.2) is 19.9 Å². The van der Waals surface area contributed by atoms with Crippen molar-refractivity contribution in [2.45, 2.75) is 27.0 Å². The SMILES string of the molecule is CCn1c(CO)nnc1-c1ccc(C)cc1Cl. The van der Waals surface area contributed by atoms with Gasteiger partial charge in [0.1, 0.15) is 6.61 Å². The molecule has 0 atom stereocenters. The first-order valence-corrected chi connectivity index (χ1v) is 5.84. The van der Waals surface area contributed by atoms with E-state index >= 15 is 0 Å². The minimum absolute atomic E-state index is 0.121. The summed E-state index contributed by atoms with van der Waals surface area (Å²) >= 11 is 6.20. The molecule has 5 heteroatoms. The summed E-state index contributed by atoms with van der Waals surface area (Å²) in [5.74, 6) is 1.25. The molecule has 0 unspecified atom stereocenters. The third-order valence-corrected chi connectivity index (χ3v) is 2.96. The van der Waals surface area contributed by atoms with E-state index in [-0.39, 0.29) is 6.61 Å². The molecule has 0 amide bonds. The summed E-state index contributed by atoms with van der Waals surface area (Å²) in [7, 11) is 0. The lowest BCUT2D eigenvalue weighted by molar-refractivity contribution is 0.265. The highest BCUT2D eigenvalue weighted by atomic mass is 35.5. The average molecular weight is 252 g/mol. The molecule has 0 saturated heterocycles. The van der Waals surface area contributed by atoms with Crippen LogP contribution in [0.4, 0.5) is 0 Å². The van der Waals surface area contributed by atoms with E-state index < -0.39 is 0 Å². The molecule has 90 valence electrons. The van der Waals surface area contributed by atoms with Gasteiger partial charge in [0.25, 0.3) is 0 Å². The van der Waals surface area contributed by atoms with Gasteiger partial charge in [-0.3, -0.25) is 0 Å². The predicted molar refractivity (Wildman–Crippen MR) is 66.8 cm³/mol. The average Bonchev–Trinajstić information content (AvgIpc) is 2.71. The van der Waals surface area contributed by atoms with Gasteiger partial charge in [0.15, 0.2) is 11.6 Å². The first-order chi connectivity index (χ1) is 8.17. The Morgan fingerprint density at radius 3 is 2.71 bits per heavy atom. The van der Waals surface area contributed by atoms with Gasteiger partial charge in [-0.1, -0.05) is 17.7 Å². The van der Waals surface area contributed by atoms with Crippen LogP contribution in [0.25, 0.3) is 11.4 Å². The molecule has 0 radical (unpaired) electrons. The van der Waals surface area contributed by atoms with Crippen molar-refractivity contribution in [1.29, 1.82) is 0 Å². The normalized spacial score (nSPS) is 10.8. The highest BCUT2D eigenvalue weighted by Crippen LogP contribution is 2.27. The van der Waals surface area contributed by atoms with Crippen molar-refractivity contribution in [2.75, 3.05) is 0 Å². The number of aliphatic hydroxyl groups excluding tert-OH is 1. The van der Waals surface area contributed by atoms with E-state index in [1.807, 2.05) is 36.6 Å². The molecular weight excluding hydrogens is 238 g/mol. The Kier molecular flexibility index (Phi) is 3.45. The summed E-state index contributed by atoms with van der Waals surface area (Å²) in [6.07, 6.45) is 0. The topological polar surface area (TPSA) is 50.9 Å². The van der Waals surface area contributed by atoms with Crippen molar-refractivity contribution >= 4 is 11.6 Å². The van der Waals surface area contributed by atoms with E-state index in [2.05, 4.69) is 10.2 Å². The molecule has 1 aromatic heterocycles. The summed E-state index contributed by atoms with van der Waals surface area (Å²) in [6.45, 7) is 4.54. The van der Waals surface area contributed by atoms with Crippen LogP contribution in [0.2, 0.25) is 5.02 Å². The minimum atomic E-state index is -0.121. The fraction of sp³-hybridized carbons (Fsp3) is 0.333. The van der Waals surface area contributed by atoms with Crippen LogP contribution in [-0.2, 0) is 13.2 Å². The summed E-state index contributed by atoms with van der Waals surface area (Å²) in [6, 6.07) is 5.80. The Balaban J connectivity index is 2.56. The summed E-state index contributed by atoms with van der Waals surface area (Å²) < 4.78 is 1.86. The summed E-state index contributed by atoms with van der Waals surface area (Å²) in [4.78, 5) is 0. The number of aromatic nitrogens is 3. The van der Waals surface area contributed by atoms with E-state index in [9.17, 15) is 0 Å². The van der Waals surface area contributed by atoms with Crippen molar-refractivity contribution in [3.8, 4) is 11.4 Å². The third kappa shape index (κ3) is 2.18. The Labute approximate surface area is 105 Å². The zero-order valence-electron chi connectivity index (χ0n) is 9.81. The number of nitrogens with zero attached hydrogens (tertiary/aromatic N) is 3. The van der Waals surface area contributed by atoms with E-state index in [0.717, 1.165) is 11.1 Å². The standard InChI is InChI=1S/C12H14ClN3O/c1-3-16-11(7-17)14-15-12(16)9-5-4-8(2)6-10(9)13/h4-6,17H,3,7H2,1-2H3. The fourth-order valence-electron chi connectivity index (χ4n) is 1.79. The third-order valence-electron chi connectivity index (χ3n) is 2.65. The molecule has 17 heavy (non-hydrogen) atoms. The van der Waals surface area contributed by atoms with Crippen LogP contribution in [0.15, 0.2) is 18.2 Å². The second-order valence-corrected chi connectivity index (χ2v) is 4.23. The van der Waals surface area contributed by atoms with Gasteiger partial charge in [-0.15, -0.1) is 10.2 Å². The van der Waals surface area contributed by atoms with Gasteiger partial charge in [0, 0.05) is 12.1 Å². The Morgan fingerprint density at radius 2 is 2.12 bits per heavy atom. The lowest BCUT2D eigenvalue weighted by atomic mass is 10.1. The number of aliphatic hydroxyl groups is 1. The van der Waals surface area contributed by atoms with Gasteiger partial charge in [0.05, 0.1) is 5.02 Å². The van der Waals surface area contributed by atoms with Crippen LogP contribution < -0.4 is 0 Å². The molecule has 0 aliphatic rings. The van der Waals surface area contributed by atoms with Crippen molar-refractivity contribution in [3.63, 3.8) is 0 Å². The quantitative estimate of drug-likeness (QED) is 0.912. The largest absolute Gasteiger partial charge is 0.388 e. The van der Waals surface area contributed by atoms with E-state index in [0.29, 0.717) is 23.2 Å². The number of rotatable bonds is 3. The molecule has 2 aromatic rings. The number of benzene rings is 1. The minimum Gasteiger partial charge on any atom is -0.388 e. The van der Waals surface area contributed by atoms with Crippen LogP contribution >= 0.6 is 11.6 Å². The van der Waals surface area contributed by atoms with Gasteiger partial charge in [-0.05, 0) is 31.5 Å². The van der Waals surface area contributed by atoms with Gasteiger partial charge < -0.3 is 9.67 Å². The van der Waals surface area contributed by atoms with Crippen LogP contribution in [0.3, 0.4) is 0 Å². The molecule has 0 spiro atoms. The van der Waals surface area contributed by atoms with Gasteiger partial charge in [-0.2, -0.15) is 0 Å². The van der Waals surface area contributed by atoms with E-state index in [4.69, 9.17) is 16.7 Å². The van der Waals surface area contributed by atoms with Crippen molar-refractivity contribution in [3.05, 3.63) is 34.6 Å². The number of hydrogen-bond acceptors (Lipinski definition) is 3. The van der Waals surface area contributed by atoms with Crippen molar-refractivity contribution in [1.82, 2.24) is 14.8 Å². The highest BCUT2D eigenvalue weighted by Gasteiger charge is 2.14. The fourth-order valence-corrected chi connectivity index (χ4v) is 2.10. The maximum atomic E-state index is 9.17. The van der Waals surface area contributed by atoms with Crippen molar-refractivity contribution < 1.29 is 5.11 Å². The molecule has 0 aliphatic carbocycles. The summed E-state index contributed by atoms with van der Waals surface area (Å²) in [5.41, 5.74) is 1.94. The van der Waals surface area contributed by atoms with Crippen LogP contribution in [0, 0.1) is 6.92 Å². The van der Waals surface area contributed by atoms with Crippen LogP contribution in [0.1, 0.15) is 18.3 Å². The summed E-state index contributed by atoms with van der Waals surface area (Å²) in [5, 5.41) is 17.9. The number of halogens is 1. The molecular formula is C12H14ClN3O. The van der Waals surface area contributed by atoms with Gasteiger partial charge in [0.2, 0.25) is 0 Å². The van der Waals surface area contributed by atoms with E-state index in [1.54, 1.807) is 0 Å². The molecule has 0 fully saturated rings. The molecule has 1 heterocycles. The molecule has 0 saturated carbocycles. The highest BCUT2D eigenvalue weighted by molar-refractivity contribution is 6.33. The lowest BCUT2D eigenvalue weighted by Gasteiger charge is -2.08. The lowest BCUT2D eigenvalue weighted by Crippen LogP contribution is -2.03. The number of aryl methyl sites for hydroxylation is 1. The van der Waals surface area contributed by atoms with Gasteiger partial charge >= 0.3 is 0 Å². The number of hydrogen-bond donors (Lipinski definition) is 1. The smallest absolute Gasteiger partial charge is 0.165 e. The zero-order valence-corrected chi connectivity index (χ0v) is 10.6. The Hall–Kier alpha value is -1.39. The van der Waals surface area contributed by atoms with E-state index in [1.165, 1.54) is 0 Å². The van der Waals surface area contributed by atoms with Gasteiger partial charge in [-0.25, -0.2) is 0 Å². The first-order valence-electron chi connectivity index (χ1n) is 5.46. The second-order valence-electron chi connectivity index (χ2n) is 3.83. The molecule has 0 aliphatic heterocycles. The zero-order chi connectivity index (χ0) is 12.4. The molecule has 0 bridgehead atoms. The predicted octanol–water partition coefficient (Wildman–Crippen LogP) is 2.42. The Bertz CT molecular complexity index is 537. The Morgan fingerprint density at radius 1 is 1.35 bits per heavy atom. The first kappa shape index (κ1) is 12.1. The van der Waals surface area contributed by atoms with Crippen LogP contribution in [0.5, 0.6) is 0 Å².